The summed E-state index contributed by atoms with van der Waals surface area (Å²) in [5, 5.41) is 0. The summed E-state index contributed by atoms with van der Waals surface area (Å²) in [6.07, 6.45) is 2.74. The van der Waals surface area contributed by atoms with E-state index in [0.29, 0.717) is 26.4 Å². The van der Waals surface area contributed by atoms with Crippen LogP contribution in [0, 0.1) is 0 Å². The molecule has 0 fully saturated rings. The van der Waals surface area contributed by atoms with Gasteiger partial charge in [0.2, 0.25) is 0 Å². The molecule has 5 heteroatoms. The molecule has 4 nitrogen and oxygen atoms in total. The molecule has 0 spiro atoms. The first-order valence-corrected chi connectivity index (χ1v) is 8.20. The molecule has 0 amide bonds. The van der Waals surface area contributed by atoms with E-state index in [2.05, 4.69) is 35.0 Å². The Hall–Kier alpha value is -0.620. The summed E-state index contributed by atoms with van der Waals surface area (Å²) >= 11 is 3.55. The maximum Gasteiger partial charge on any atom is 0.133 e. The van der Waals surface area contributed by atoms with Crippen molar-refractivity contribution in [1.82, 2.24) is 0 Å². The highest BCUT2D eigenvalue weighted by atomic mass is 79.9. The van der Waals surface area contributed by atoms with Crippen molar-refractivity contribution in [1.29, 1.82) is 0 Å². The highest BCUT2D eigenvalue weighted by Gasteiger charge is 2.06. The van der Waals surface area contributed by atoms with Crippen LogP contribution in [-0.4, -0.2) is 39.6 Å². The van der Waals surface area contributed by atoms with Gasteiger partial charge in [-0.2, -0.15) is 0 Å². The van der Waals surface area contributed by atoms with E-state index in [0.717, 1.165) is 29.5 Å². The monoisotopic (exact) mass is 359 g/mol. The summed E-state index contributed by atoms with van der Waals surface area (Å²) in [6.45, 7) is 4.69. The Labute approximate surface area is 136 Å². The van der Waals surface area contributed by atoms with Crippen molar-refractivity contribution in [3.8, 4) is 5.75 Å². The van der Waals surface area contributed by atoms with E-state index in [-0.39, 0.29) is 6.04 Å². The molecule has 1 aromatic carbocycles. The van der Waals surface area contributed by atoms with Crippen molar-refractivity contribution < 1.29 is 14.2 Å². The summed E-state index contributed by atoms with van der Waals surface area (Å²) in [7, 11) is 1.67. The lowest BCUT2D eigenvalue weighted by Gasteiger charge is -2.12. The van der Waals surface area contributed by atoms with Gasteiger partial charge in [0, 0.05) is 26.2 Å². The third kappa shape index (κ3) is 7.81. The summed E-state index contributed by atoms with van der Waals surface area (Å²) in [5.74, 6) is 0.862. The van der Waals surface area contributed by atoms with E-state index in [1.165, 1.54) is 5.56 Å². The molecule has 0 saturated heterocycles. The Morgan fingerprint density at radius 1 is 1.19 bits per heavy atom. The van der Waals surface area contributed by atoms with Gasteiger partial charge in [-0.1, -0.05) is 13.0 Å². The van der Waals surface area contributed by atoms with Gasteiger partial charge in [-0.15, -0.1) is 0 Å². The van der Waals surface area contributed by atoms with Gasteiger partial charge in [0.15, 0.2) is 0 Å². The zero-order valence-electron chi connectivity index (χ0n) is 12.9. The first-order chi connectivity index (χ1) is 10.2. The fraction of sp³-hybridized carbons (Fsp3) is 0.625. The molecule has 21 heavy (non-hydrogen) atoms. The molecule has 0 aliphatic carbocycles. The number of ether oxygens (including phenoxy) is 3. The fourth-order valence-corrected chi connectivity index (χ4v) is 2.36. The van der Waals surface area contributed by atoms with Crippen LogP contribution in [0.1, 0.15) is 25.3 Å². The van der Waals surface area contributed by atoms with E-state index in [1.54, 1.807) is 7.11 Å². The highest BCUT2D eigenvalue weighted by Crippen LogP contribution is 2.26. The predicted octanol–water partition coefficient (Wildman–Crippen LogP) is 3.16. The van der Waals surface area contributed by atoms with Crippen LogP contribution in [0.4, 0.5) is 0 Å². The van der Waals surface area contributed by atoms with E-state index in [4.69, 9.17) is 19.9 Å². The van der Waals surface area contributed by atoms with Gasteiger partial charge in [-0.3, -0.25) is 0 Å². The number of rotatable bonds is 11. The van der Waals surface area contributed by atoms with Crippen molar-refractivity contribution in [2.45, 2.75) is 32.2 Å². The van der Waals surface area contributed by atoms with Gasteiger partial charge in [-0.05, 0) is 46.5 Å². The van der Waals surface area contributed by atoms with Crippen molar-refractivity contribution >= 4 is 15.9 Å². The second-order valence-corrected chi connectivity index (χ2v) is 5.80. The first kappa shape index (κ1) is 18.4. The second-order valence-electron chi connectivity index (χ2n) is 4.94. The average Bonchev–Trinajstić information content (AvgIpc) is 2.48. The SMILES string of the molecule is CCC(N)Cc1ccc(OCCCOCCOC)c(Br)c1. The van der Waals surface area contributed by atoms with Crippen LogP contribution in [-0.2, 0) is 15.9 Å². The van der Waals surface area contributed by atoms with Crippen LogP contribution >= 0.6 is 15.9 Å². The van der Waals surface area contributed by atoms with Crippen LogP contribution in [0.5, 0.6) is 5.75 Å². The standard InChI is InChI=1S/C16H26BrNO3/c1-3-14(18)11-13-5-6-16(15(17)12-13)21-8-4-7-20-10-9-19-2/h5-6,12,14H,3-4,7-11,18H2,1-2H3. The number of hydrogen-bond donors (Lipinski definition) is 1. The summed E-state index contributed by atoms with van der Waals surface area (Å²) in [5.41, 5.74) is 7.20. The number of halogens is 1. The fourth-order valence-electron chi connectivity index (χ4n) is 1.82. The third-order valence-electron chi connectivity index (χ3n) is 3.14. The molecule has 1 unspecified atom stereocenters. The van der Waals surface area contributed by atoms with Gasteiger partial charge in [0.05, 0.1) is 24.3 Å². The zero-order valence-corrected chi connectivity index (χ0v) is 14.5. The second kappa shape index (κ2) is 11.0. The molecule has 0 aliphatic rings. The minimum Gasteiger partial charge on any atom is -0.492 e. The first-order valence-electron chi connectivity index (χ1n) is 7.40. The number of nitrogens with two attached hydrogens (primary N) is 1. The van der Waals surface area contributed by atoms with Crippen molar-refractivity contribution in [2.24, 2.45) is 5.73 Å². The largest absolute Gasteiger partial charge is 0.492 e. The Bertz CT molecular complexity index is 401. The van der Waals surface area contributed by atoms with Crippen LogP contribution in [0.2, 0.25) is 0 Å². The van der Waals surface area contributed by atoms with Gasteiger partial charge < -0.3 is 19.9 Å². The molecule has 0 bridgehead atoms. The lowest BCUT2D eigenvalue weighted by Crippen LogP contribution is -2.21. The maximum absolute atomic E-state index is 5.97. The molecule has 1 atom stereocenters. The lowest BCUT2D eigenvalue weighted by molar-refractivity contribution is 0.0644. The summed E-state index contributed by atoms with van der Waals surface area (Å²) in [4.78, 5) is 0. The third-order valence-corrected chi connectivity index (χ3v) is 3.76. The Morgan fingerprint density at radius 2 is 2.00 bits per heavy atom. The molecule has 0 aliphatic heterocycles. The van der Waals surface area contributed by atoms with E-state index < -0.39 is 0 Å². The van der Waals surface area contributed by atoms with Crippen LogP contribution in [0.15, 0.2) is 22.7 Å². The quantitative estimate of drug-likeness (QED) is 0.616. The summed E-state index contributed by atoms with van der Waals surface area (Å²) in [6, 6.07) is 6.37. The molecular weight excluding hydrogens is 334 g/mol. The van der Waals surface area contributed by atoms with E-state index in [9.17, 15) is 0 Å². The highest BCUT2D eigenvalue weighted by molar-refractivity contribution is 9.10. The van der Waals surface area contributed by atoms with Crippen LogP contribution < -0.4 is 10.5 Å². The number of methoxy groups -OCH3 is 1. The van der Waals surface area contributed by atoms with Crippen molar-refractivity contribution in [2.75, 3.05) is 33.5 Å². The zero-order chi connectivity index (χ0) is 15.5. The Kier molecular flexibility index (Phi) is 9.67. The van der Waals surface area contributed by atoms with Gasteiger partial charge in [0.25, 0.3) is 0 Å². The molecule has 2 N–H and O–H groups in total. The van der Waals surface area contributed by atoms with Gasteiger partial charge >= 0.3 is 0 Å². The Balaban J connectivity index is 2.29. The molecule has 1 aromatic rings. The van der Waals surface area contributed by atoms with Crippen molar-refractivity contribution in [3.05, 3.63) is 28.2 Å². The van der Waals surface area contributed by atoms with Gasteiger partial charge in [-0.25, -0.2) is 0 Å². The number of hydrogen-bond acceptors (Lipinski definition) is 4. The normalized spacial score (nSPS) is 12.4. The molecule has 0 aromatic heterocycles. The average molecular weight is 360 g/mol. The van der Waals surface area contributed by atoms with Gasteiger partial charge in [0.1, 0.15) is 5.75 Å². The van der Waals surface area contributed by atoms with Crippen LogP contribution in [0.25, 0.3) is 0 Å². The molecule has 0 radical (unpaired) electrons. The molecule has 1 rings (SSSR count). The Morgan fingerprint density at radius 3 is 2.67 bits per heavy atom. The van der Waals surface area contributed by atoms with E-state index >= 15 is 0 Å². The minimum atomic E-state index is 0.216. The smallest absolute Gasteiger partial charge is 0.133 e. The summed E-state index contributed by atoms with van der Waals surface area (Å²) < 4.78 is 17.0. The van der Waals surface area contributed by atoms with E-state index in [1.807, 2.05) is 6.07 Å². The molecular formula is C16H26BrNO3. The maximum atomic E-state index is 5.97. The minimum absolute atomic E-state index is 0.216. The van der Waals surface area contributed by atoms with Crippen LogP contribution in [0.3, 0.4) is 0 Å². The number of benzene rings is 1. The molecule has 0 heterocycles. The molecule has 120 valence electrons. The lowest BCUT2D eigenvalue weighted by atomic mass is 10.0. The molecule has 0 saturated carbocycles. The topological polar surface area (TPSA) is 53.7 Å². The predicted molar refractivity (Wildman–Crippen MR) is 88.9 cm³/mol. The van der Waals surface area contributed by atoms with Crippen molar-refractivity contribution in [3.63, 3.8) is 0 Å².